The summed E-state index contributed by atoms with van der Waals surface area (Å²) in [5.74, 6) is -5.97. The van der Waals surface area contributed by atoms with Crippen LogP contribution in [0.25, 0.3) is 0 Å². The van der Waals surface area contributed by atoms with E-state index in [1.807, 2.05) is 0 Å². The van der Waals surface area contributed by atoms with Gasteiger partial charge in [-0.1, -0.05) is 0 Å². The van der Waals surface area contributed by atoms with E-state index in [0.717, 1.165) is 0 Å². The standard InChI is InChI=1S/C24H39N5O11/c1-15(30)25-12-2-5-20(33)28-16(23(37)38)8-10-18(31)26-13-3-6-21(34)29-17(24(39)40)9-11-19(32)27-14-4-7-22(35)36/h16-17H,2-14H2,1H3,(H,25,30)(H,26,31)(H,27,32)(H,28,33)(H,29,34)(H,35,36)(H,37,38)(H,39,40)/t16-,17-/m0/s1. The van der Waals surface area contributed by atoms with Crippen LogP contribution < -0.4 is 26.6 Å². The van der Waals surface area contributed by atoms with E-state index in [-0.39, 0.29) is 83.3 Å². The fourth-order valence-electron chi connectivity index (χ4n) is 3.23. The molecule has 2 atom stereocenters. The molecule has 0 bridgehead atoms. The summed E-state index contributed by atoms with van der Waals surface area (Å²) in [6.07, 6.45) is -0.212. The maximum absolute atomic E-state index is 12.1. The average Bonchev–Trinajstić information content (AvgIpc) is 2.86. The topological polar surface area (TPSA) is 257 Å². The Balaban J connectivity index is 4.25. The minimum Gasteiger partial charge on any atom is -0.481 e. The van der Waals surface area contributed by atoms with E-state index in [0.29, 0.717) is 6.42 Å². The summed E-state index contributed by atoms with van der Waals surface area (Å²) in [4.78, 5) is 91.7. The Morgan fingerprint density at radius 2 is 0.900 bits per heavy atom. The molecule has 0 saturated carbocycles. The van der Waals surface area contributed by atoms with Gasteiger partial charge in [0.2, 0.25) is 29.5 Å². The van der Waals surface area contributed by atoms with Gasteiger partial charge in [0, 0.05) is 58.7 Å². The van der Waals surface area contributed by atoms with Crippen molar-refractivity contribution < 1.29 is 53.7 Å². The predicted octanol–water partition coefficient (Wildman–Crippen LogP) is -1.52. The number of rotatable bonds is 22. The molecule has 0 radical (unpaired) electrons. The van der Waals surface area contributed by atoms with E-state index in [9.17, 15) is 48.6 Å². The molecule has 0 heterocycles. The van der Waals surface area contributed by atoms with Gasteiger partial charge < -0.3 is 41.9 Å². The third kappa shape index (κ3) is 19.8. The molecule has 0 saturated heterocycles. The highest BCUT2D eigenvalue weighted by Crippen LogP contribution is 2.02. The number of amides is 5. The van der Waals surface area contributed by atoms with E-state index in [2.05, 4.69) is 26.6 Å². The third-order valence-corrected chi connectivity index (χ3v) is 5.33. The van der Waals surface area contributed by atoms with Crippen LogP contribution >= 0.6 is 0 Å². The number of carboxylic acid groups (broad SMARTS) is 3. The lowest BCUT2D eigenvalue weighted by Gasteiger charge is -2.15. The molecule has 0 unspecified atom stereocenters. The van der Waals surface area contributed by atoms with Crippen LogP contribution in [0, 0.1) is 0 Å². The first-order chi connectivity index (χ1) is 18.8. The lowest BCUT2D eigenvalue weighted by molar-refractivity contribution is -0.142. The predicted molar refractivity (Wildman–Crippen MR) is 138 cm³/mol. The van der Waals surface area contributed by atoms with Gasteiger partial charge in [-0.15, -0.1) is 0 Å². The van der Waals surface area contributed by atoms with Crippen molar-refractivity contribution in [3.8, 4) is 0 Å². The minimum absolute atomic E-state index is 0.00283. The second-order valence-electron chi connectivity index (χ2n) is 8.88. The van der Waals surface area contributed by atoms with Crippen molar-refractivity contribution in [2.75, 3.05) is 19.6 Å². The number of carboxylic acids is 3. The van der Waals surface area contributed by atoms with Crippen LogP contribution in [-0.4, -0.2) is 94.5 Å². The normalized spacial score (nSPS) is 11.8. The van der Waals surface area contributed by atoms with Crippen LogP contribution in [0.3, 0.4) is 0 Å². The molecule has 0 fully saturated rings. The maximum Gasteiger partial charge on any atom is 0.326 e. The summed E-state index contributed by atoms with van der Waals surface area (Å²) in [5, 5.41) is 39.2. The first-order valence-corrected chi connectivity index (χ1v) is 12.9. The Hall–Kier alpha value is -4.24. The van der Waals surface area contributed by atoms with Crippen molar-refractivity contribution in [1.82, 2.24) is 26.6 Å². The Morgan fingerprint density at radius 1 is 0.525 bits per heavy atom. The molecule has 16 heteroatoms. The van der Waals surface area contributed by atoms with Gasteiger partial charge in [-0.2, -0.15) is 0 Å². The number of hydrogen-bond acceptors (Lipinski definition) is 8. The molecule has 8 N–H and O–H groups in total. The Labute approximate surface area is 231 Å². The number of carbonyl (C=O) groups is 8. The summed E-state index contributed by atoms with van der Waals surface area (Å²) in [6.45, 7) is 1.80. The molecule has 16 nitrogen and oxygen atoms in total. The SMILES string of the molecule is CC(=O)NCCCC(=O)N[C@@H](CCC(=O)NCCCC(=O)N[C@@H](CCC(=O)NCCCC(=O)O)C(=O)O)C(=O)O. The molecule has 0 spiro atoms. The van der Waals surface area contributed by atoms with E-state index >= 15 is 0 Å². The van der Waals surface area contributed by atoms with Crippen molar-refractivity contribution in [2.45, 2.75) is 83.2 Å². The van der Waals surface area contributed by atoms with E-state index in [4.69, 9.17) is 5.11 Å². The fourth-order valence-corrected chi connectivity index (χ4v) is 3.23. The Bertz CT molecular complexity index is 910. The van der Waals surface area contributed by atoms with Crippen LogP contribution in [0.15, 0.2) is 0 Å². The van der Waals surface area contributed by atoms with Gasteiger partial charge in [0.05, 0.1) is 0 Å². The molecule has 40 heavy (non-hydrogen) atoms. The number of hydrogen-bond donors (Lipinski definition) is 8. The largest absolute Gasteiger partial charge is 0.481 e. The second kappa shape index (κ2) is 20.7. The zero-order valence-corrected chi connectivity index (χ0v) is 22.5. The van der Waals surface area contributed by atoms with Crippen LogP contribution in [0.2, 0.25) is 0 Å². The highest BCUT2D eigenvalue weighted by molar-refractivity contribution is 5.85. The van der Waals surface area contributed by atoms with Crippen molar-refractivity contribution in [3.05, 3.63) is 0 Å². The summed E-state index contributed by atoms with van der Waals surface area (Å²) in [5.41, 5.74) is 0. The highest BCUT2D eigenvalue weighted by atomic mass is 16.4. The average molecular weight is 574 g/mol. The molecule has 0 aromatic heterocycles. The zero-order valence-electron chi connectivity index (χ0n) is 22.5. The quantitative estimate of drug-likeness (QED) is 0.0690. The van der Waals surface area contributed by atoms with Crippen molar-refractivity contribution >= 4 is 47.4 Å². The molecule has 0 aromatic carbocycles. The third-order valence-electron chi connectivity index (χ3n) is 5.33. The van der Waals surface area contributed by atoms with E-state index in [1.54, 1.807) is 0 Å². The van der Waals surface area contributed by atoms with Crippen molar-refractivity contribution in [2.24, 2.45) is 0 Å². The maximum atomic E-state index is 12.1. The number of nitrogens with one attached hydrogen (secondary N) is 5. The number of aliphatic carboxylic acids is 3. The lowest BCUT2D eigenvalue weighted by Crippen LogP contribution is -2.42. The zero-order chi connectivity index (χ0) is 30.5. The van der Waals surface area contributed by atoms with Crippen LogP contribution in [-0.2, 0) is 38.4 Å². The first kappa shape index (κ1) is 35.8. The monoisotopic (exact) mass is 573 g/mol. The van der Waals surface area contributed by atoms with Crippen molar-refractivity contribution in [1.29, 1.82) is 0 Å². The van der Waals surface area contributed by atoms with Gasteiger partial charge in [0.15, 0.2) is 0 Å². The van der Waals surface area contributed by atoms with E-state index < -0.39 is 53.6 Å². The molecule has 0 aromatic rings. The molecule has 226 valence electrons. The second-order valence-corrected chi connectivity index (χ2v) is 8.88. The molecule has 0 aliphatic heterocycles. The van der Waals surface area contributed by atoms with Crippen LogP contribution in [0.1, 0.15) is 71.1 Å². The number of carbonyl (C=O) groups excluding carboxylic acids is 5. The highest BCUT2D eigenvalue weighted by Gasteiger charge is 2.22. The summed E-state index contributed by atoms with van der Waals surface area (Å²) in [7, 11) is 0. The molecule has 0 aliphatic carbocycles. The fraction of sp³-hybridized carbons (Fsp3) is 0.667. The van der Waals surface area contributed by atoms with Crippen molar-refractivity contribution in [3.63, 3.8) is 0 Å². The Morgan fingerprint density at radius 3 is 1.25 bits per heavy atom. The Kier molecular flexibility index (Phi) is 18.5. The van der Waals surface area contributed by atoms with Crippen LogP contribution in [0.4, 0.5) is 0 Å². The van der Waals surface area contributed by atoms with Crippen LogP contribution in [0.5, 0.6) is 0 Å². The van der Waals surface area contributed by atoms with Gasteiger partial charge in [0.25, 0.3) is 0 Å². The smallest absolute Gasteiger partial charge is 0.326 e. The molecule has 0 aliphatic rings. The summed E-state index contributed by atoms with van der Waals surface area (Å²) < 4.78 is 0. The van der Waals surface area contributed by atoms with Gasteiger partial charge >= 0.3 is 17.9 Å². The molecular weight excluding hydrogens is 534 g/mol. The molecular formula is C24H39N5O11. The van der Waals surface area contributed by atoms with Gasteiger partial charge in [0.1, 0.15) is 12.1 Å². The summed E-state index contributed by atoms with van der Waals surface area (Å²) in [6, 6.07) is -2.58. The molecule has 5 amide bonds. The lowest BCUT2D eigenvalue weighted by atomic mass is 10.1. The van der Waals surface area contributed by atoms with Gasteiger partial charge in [-0.05, 0) is 32.1 Å². The first-order valence-electron chi connectivity index (χ1n) is 12.9. The van der Waals surface area contributed by atoms with Gasteiger partial charge in [-0.3, -0.25) is 28.8 Å². The minimum atomic E-state index is -1.33. The molecule has 0 rings (SSSR count). The summed E-state index contributed by atoms with van der Waals surface area (Å²) >= 11 is 0. The van der Waals surface area contributed by atoms with E-state index in [1.165, 1.54) is 6.92 Å². The van der Waals surface area contributed by atoms with Gasteiger partial charge in [-0.25, -0.2) is 9.59 Å².